The van der Waals surface area contributed by atoms with E-state index in [1.165, 1.54) is 4.31 Å². The van der Waals surface area contributed by atoms with Gasteiger partial charge in [0, 0.05) is 20.1 Å². The fourth-order valence-corrected chi connectivity index (χ4v) is 2.26. The van der Waals surface area contributed by atoms with Gasteiger partial charge in [-0.1, -0.05) is 6.08 Å². The second kappa shape index (κ2) is 6.16. The fourth-order valence-electron chi connectivity index (χ4n) is 1.01. The van der Waals surface area contributed by atoms with Crippen LogP contribution < -0.4 is 5.73 Å². The van der Waals surface area contributed by atoms with Crippen LogP contribution in [0.5, 0.6) is 0 Å². The number of allylic oxidation sites excluding steroid dienone is 1. The normalized spacial score (nSPS) is 14.3. The molecule has 0 aliphatic carbocycles. The molecule has 0 saturated carbocycles. The third kappa shape index (κ3) is 3.77. The van der Waals surface area contributed by atoms with Crippen LogP contribution in [0.2, 0.25) is 0 Å². The van der Waals surface area contributed by atoms with E-state index in [0.29, 0.717) is 6.54 Å². The van der Waals surface area contributed by atoms with Gasteiger partial charge < -0.3 is 5.73 Å². The first-order valence-electron chi connectivity index (χ1n) is 4.73. The quantitative estimate of drug-likeness (QED) is 0.504. The Morgan fingerprint density at radius 3 is 2.57 bits per heavy atom. The third-order valence-corrected chi connectivity index (χ3v) is 4.42. The summed E-state index contributed by atoms with van der Waals surface area (Å²) in [6.07, 6.45) is 3.42. The van der Waals surface area contributed by atoms with E-state index in [-0.39, 0.29) is 6.54 Å². The Balaban J connectivity index is 4.21. The number of nitrogens with two attached hydrogens (primary N) is 1. The second-order valence-electron chi connectivity index (χ2n) is 3.34. The Morgan fingerprint density at radius 1 is 1.57 bits per heavy atom. The van der Waals surface area contributed by atoms with Crippen molar-refractivity contribution in [3.8, 4) is 0 Å². The van der Waals surface area contributed by atoms with Gasteiger partial charge in [0.25, 0.3) is 0 Å². The van der Waals surface area contributed by atoms with E-state index in [2.05, 4.69) is 6.58 Å². The van der Waals surface area contributed by atoms with Crippen LogP contribution in [-0.2, 0) is 10.0 Å². The highest BCUT2D eigenvalue weighted by Crippen LogP contribution is 2.06. The SMILES string of the molecule is C=CCCCN(C)S(=O)(=O)C(C)CN. The molecule has 0 amide bonds. The van der Waals surface area contributed by atoms with Crippen molar-refractivity contribution in [1.29, 1.82) is 0 Å². The Bertz CT molecular complexity index is 262. The molecular weight excluding hydrogens is 200 g/mol. The predicted octanol–water partition coefficient (Wildman–Crippen LogP) is 0.561. The van der Waals surface area contributed by atoms with Gasteiger partial charge in [-0.25, -0.2) is 12.7 Å². The molecular formula is C9H20N2O2S. The molecule has 14 heavy (non-hydrogen) atoms. The first-order valence-corrected chi connectivity index (χ1v) is 6.23. The van der Waals surface area contributed by atoms with Crippen molar-refractivity contribution in [3.63, 3.8) is 0 Å². The maximum Gasteiger partial charge on any atom is 0.217 e. The van der Waals surface area contributed by atoms with Crippen molar-refractivity contribution in [1.82, 2.24) is 4.31 Å². The zero-order valence-electron chi connectivity index (χ0n) is 8.94. The number of nitrogens with zero attached hydrogens (tertiary/aromatic N) is 1. The summed E-state index contributed by atoms with van der Waals surface area (Å²) in [5.41, 5.74) is 5.33. The number of rotatable bonds is 7. The molecule has 1 atom stereocenters. The Hall–Kier alpha value is -0.390. The lowest BCUT2D eigenvalue weighted by atomic mass is 10.3. The number of hydrogen-bond donors (Lipinski definition) is 1. The van der Waals surface area contributed by atoms with Gasteiger partial charge in [-0.2, -0.15) is 0 Å². The van der Waals surface area contributed by atoms with E-state index >= 15 is 0 Å². The molecule has 0 aromatic rings. The molecule has 0 saturated heterocycles. The third-order valence-electron chi connectivity index (χ3n) is 2.16. The summed E-state index contributed by atoms with van der Waals surface area (Å²) in [5.74, 6) is 0. The van der Waals surface area contributed by atoms with Crippen molar-refractivity contribution in [3.05, 3.63) is 12.7 Å². The maximum atomic E-state index is 11.7. The van der Waals surface area contributed by atoms with Crippen molar-refractivity contribution in [2.24, 2.45) is 5.73 Å². The van der Waals surface area contributed by atoms with Crippen LogP contribution in [0.15, 0.2) is 12.7 Å². The topological polar surface area (TPSA) is 63.4 Å². The van der Waals surface area contributed by atoms with Gasteiger partial charge in [-0.3, -0.25) is 0 Å². The van der Waals surface area contributed by atoms with Gasteiger partial charge in [-0.15, -0.1) is 6.58 Å². The highest BCUT2D eigenvalue weighted by molar-refractivity contribution is 7.89. The van der Waals surface area contributed by atoms with Crippen LogP contribution in [0, 0.1) is 0 Å². The second-order valence-corrected chi connectivity index (χ2v) is 5.80. The van der Waals surface area contributed by atoms with Crippen LogP contribution in [0.1, 0.15) is 19.8 Å². The van der Waals surface area contributed by atoms with Crippen molar-refractivity contribution < 1.29 is 8.42 Å². The molecule has 0 radical (unpaired) electrons. The Kier molecular flexibility index (Phi) is 5.99. The van der Waals surface area contributed by atoms with Crippen LogP contribution in [0.3, 0.4) is 0 Å². The summed E-state index contributed by atoms with van der Waals surface area (Å²) in [4.78, 5) is 0. The van der Waals surface area contributed by atoms with Crippen LogP contribution in [0.4, 0.5) is 0 Å². The number of sulfonamides is 1. The lowest BCUT2D eigenvalue weighted by Gasteiger charge is -2.20. The molecule has 0 heterocycles. The molecule has 4 nitrogen and oxygen atoms in total. The minimum atomic E-state index is -3.20. The molecule has 0 aliphatic heterocycles. The number of unbranched alkanes of at least 4 members (excludes halogenated alkanes) is 1. The average molecular weight is 220 g/mol. The van der Waals surface area contributed by atoms with Crippen LogP contribution >= 0.6 is 0 Å². The lowest BCUT2D eigenvalue weighted by molar-refractivity contribution is 0.454. The van der Waals surface area contributed by atoms with E-state index < -0.39 is 15.3 Å². The standard InChI is InChI=1S/C9H20N2O2S/c1-4-5-6-7-11(3)14(12,13)9(2)8-10/h4,9H,1,5-8,10H2,2-3H3. The minimum absolute atomic E-state index is 0.161. The summed E-state index contributed by atoms with van der Waals surface area (Å²) in [6.45, 7) is 5.89. The number of hydrogen-bond acceptors (Lipinski definition) is 3. The predicted molar refractivity (Wildman–Crippen MR) is 59.5 cm³/mol. The van der Waals surface area contributed by atoms with Gasteiger partial charge in [0.15, 0.2) is 0 Å². The summed E-state index contributed by atoms with van der Waals surface area (Å²) in [5, 5.41) is -0.503. The van der Waals surface area contributed by atoms with E-state index in [1.807, 2.05) is 0 Å². The first kappa shape index (κ1) is 13.6. The molecule has 0 aliphatic rings. The molecule has 84 valence electrons. The molecule has 0 spiro atoms. The van der Waals surface area contributed by atoms with Gasteiger partial charge in [-0.05, 0) is 19.8 Å². The Labute approximate surface area is 86.8 Å². The monoisotopic (exact) mass is 220 g/mol. The lowest BCUT2D eigenvalue weighted by Crippen LogP contribution is -2.38. The molecule has 0 aromatic heterocycles. The van der Waals surface area contributed by atoms with E-state index in [1.54, 1.807) is 20.0 Å². The van der Waals surface area contributed by atoms with Crippen LogP contribution in [-0.4, -0.2) is 38.1 Å². The minimum Gasteiger partial charge on any atom is -0.329 e. The van der Waals surface area contributed by atoms with Crippen molar-refractivity contribution in [2.75, 3.05) is 20.1 Å². The average Bonchev–Trinajstić information content (AvgIpc) is 2.16. The summed E-state index contributed by atoms with van der Waals surface area (Å²) >= 11 is 0. The van der Waals surface area contributed by atoms with Crippen molar-refractivity contribution >= 4 is 10.0 Å². The first-order chi connectivity index (χ1) is 6.46. The molecule has 2 N–H and O–H groups in total. The molecule has 0 aromatic carbocycles. The van der Waals surface area contributed by atoms with Crippen molar-refractivity contribution in [2.45, 2.75) is 25.0 Å². The smallest absolute Gasteiger partial charge is 0.217 e. The van der Waals surface area contributed by atoms with Gasteiger partial charge in [0.05, 0.1) is 5.25 Å². The fraction of sp³-hybridized carbons (Fsp3) is 0.778. The maximum absolute atomic E-state index is 11.7. The van der Waals surface area contributed by atoms with Gasteiger partial charge in [0.1, 0.15) is 0 Å². The molecule has 1 unspecified atom stereocenters. The summed E-state index contributed by atoms with van der Waals surface area (Å²) in [6, 6.07) is 0. The Morgan fingerprint density at radius 2 is 2.14 bits per heavy atom. The highest BCUT2D eigenvalue weighted by Gasteiger charge is 2.23. The molecule has 0 rings (SSSR count). The summed E-state index contributed by atoms with van der Waals surface area (Å²) < 4.78 is 24.7. The molecule has 0 fully saturated rings. The van der Waals surface area contributed by atoms with E-state index in [0.717, 1.165) is 12.8 Å². The van der Waals surface area contributed by atoms with E-state index in [9.17, 15) is 8.42 Å². The van der Waals surface area contributed by atoms with Gasteiger partial charge in [0.2, 0.25) is 10.0 Å². The van der Waals surface area contributed by atoms with E-state index in [4.69, 9.17) is 5.73 Å². The highest BCUT2D eigenvalue weighted by atomic mass is 32.2. The zero-order valence-corrected chi connectivity index (χ0v) is 9.76. The summed E-state index contributed by atoms with van der Waals surface area (Å²) in [7, 11) is -1.61. The zero-order chi connectivity index (χ0) is 11.2. The van der Waals surface area contributed by atoms with Crippen LogP contribution in [0.25, 0.3) is 0 Å². The largest absolute Gasteiger partial charge is 0.329 e. The molecule has 0 bridgehead atoms. The molecule has 5 heteroatoms. The van der Waals surface area contributed by atoms with Gasteiger partial charge >= 0.3 is 0 Å².